The minimum Gasteiger partial charge on any atom is -0.452 e. The Morgan fingerprint density at radius 1 is 0.964 bits per heavy atom. The van der Waals surface area contributed by atoms with Crippen molar-refractivity contribution in [3.8, 4) is 0 Å². The Balaban J connectivity index is 1.61. The average molecular weight is 393 g/mol. The molecule has 0 fully saturated rings. The highest BCUT2D eigenvalue weighted by Crippen LogP contribution is 2.36. The van der Waals surface area contributed by atoms with Crippen LogP contribution < -0.4 is 4.90 Å². The molecule has 1 amide bonds. The number of hydrogen-bond acceptors (Lipinski definition) is 4. The van der Waals surface area contributed by atoms with E-state index in [4.69, 9.17) is 16.3 Å². The second-order valence-electron chi connectivity index (χ2n) is 6.43. The number of hydrogen-bond donors (Lipinski definition) is 0. The molecule has 0 saturated carbocycles. The zero-order valence-corrected chi connectivity index (χ0v) is 15.7. The number of ether oxygens (including phenoxy) is 1. The molecule has 0 unspecified atom stereocenters. The van der Waals surface area contributed by atoms with Gasteiger partial charge in [0, 0.05) is 6.20 Å². The van der Waals surface area contributed by atoms with E-state index >= 15 is 0 Å². The van der Waals surface area contributed by atoms with Crippen molar-refractivity contribution in [2.45, 2.75) is 12.8 Å². The molecule has 4 rings (SSSR count). The van der Waals surface area contributed by atoms with Crippen LogP contribution >= 0.6 is 11.6 Å². The summed E-state index contributed by atoms with van der Waals surface area (Å²) in [5, 5.41) is 0.191. The van der Waals surface area contributed by atoms with Gasteiger partial charge in [0.25, 0.3) is 5.91 Å². The van der Waals surface area contributed by atoms with Gasteiger partial charge >= 0.3 is 5.97 Å². The van der Waals surface area contributed by atoms with E-state index in [1.165, 1.54) is 18.3 Å². The summed E-state index contributed by atoms with van der Waals surface area (Å²) in [6.07, 6.45) is 3.10. The molecule has 0 bridgehead atoms. The molecule has 5 nitrogen and oxygen atoms in total. The van der Waals surface area contributed by atoms with Crippen molar-refractivity contribution in [3.05, 3.63) is 88.7 Å². The quantitative estimate of drug-likeness (QED) is 0.491. The first kappa shape index (κ1) is 18.2. The number of carbonyl (C=O) groups excluding carboxylic acids is 2. The van der Waals surface area contributed by atoms with Gasteiger partial charge in [-0.05, 0) is 48.2 Å². The Labute approximate surface area is 167 Å². The van der Waals surface area contributed by atoms with Crippen LogP contribution in [-0.2, 0) is 22.4 Å². The van der Waals surface area contributed by atoms with E-state index < -0.39 is 5.97 Å². The number of pyridine rings is 1. The van der Waals surface area contributed by atoms with Gasteiger partial charge < -0.3 is 4.74 Å². The second-order valence-corrected chi connectivity index (χ2v) is 6.82. The minimum absolute atomic E-state index is 0.191. The monoisotopic (exact) mass is 392 g/mol. The summed E-state index contributed by atoms with van der Waals surface area (Å²) in [6.45, 7) is -0.374. The third-order valence-corrected chi connectivity index (χ3v) is 4.87. The molecular weight excluding hydrogens is 376 g/mol. The van der Waals surface area contributed by atoms with Crippen LogP contribution in [-0.4, -0.2) is 23.5 Å². The van der Waals surface area contributed by atoms with E-state index in [0.29, 0.717) is 0 Å². The molecule has 0 spiro atoms. The molecule has 0 N–H and O–H groups in total. The second kappa shape index (κ2) is 7.82. The Morgan fingerprint density at radius 3 is 2.18 bits per heavy atom. The first-order valence-corrected chi connectivity index (χ1v) is 9.29. The van der Waals surface area contributed by atoms with Crippen molar-refractivity contribution in [3.63, 3.8) is 0 Å². The predicted octanol–water partition coefficient (Wildman–Crippen LogP) is 4.36. The van der Waals surface area contributed by atoms with E-state index in [2.05, 4.69) is 4.98 Å². The molecule has 140 valence electrons. The molecule has 1 aliphatic heterocycles. The van der Waals surface area contributed by atoms with Crippen molar-refractivity contribution in [1.82, 2.24) is 4.98 Å². The Morgan fingerprint density at radius 2 is 1.57 bits per heavy atom. The lowest BCUT2D eigenvalue weighted by Crippen LogP contribution is -2.31. The van der Waals surface area contributed by atoms with Crippen molar-refractivity contribution in [2.75, 3.05) is 11.5 Å². The maximum Gasteiger partial charge on any atom is 0.338 e. The van der Waals surface area contributed by atoms with Gasteiger partial charge in [0.2, 0.25) is 0 Å². The fraction of sp³-hybridized carbons (Fsp3) is 0.136. The number of halogens is 1. The Kier molecular flexibility index (Phi) is 5.08. The maximum absolute atomic E-state index is 13.1. The van der Waals surface area contributed by atoms with Gasteiger partial charge in [-0.15, -0.1) is 0 Å². The van der Waals surface area contributed by atoms with Gasteiger partial charge in [-0.1, -0.05) is 48.0 Å². The molecule has 1 aromatic heterocycles. The Hall–Kier alpha value is -3.18. The van der Waals surface area contributed by atoms with Crippen molar-refractivity contribution >= 4 is 34.9 Å². The number of para-hydroxylation sites is 2. The number of anilines is 2. The highest BCUT2D eigenvalue weighted by Gasteiger charge is 2.26. The van der Waals surface area contributed by atoms with Crippen LogP contribution in [0.3, 0.4) is 0 Å². The first-order valence-electron chi connectivity index (χ1n) is 8.91. The third-order valence-electron chi connectivity index (χ3n) is 4.67. The topological polar surface area (TPSA) is 59.5 Å². The molecule has 0 aliphatic carbocycles. The zero-order chi connectivity index (χ0) is 19.5. The first-order chi connectivity index (χ1) is 13.6. The van der Waals surface area contributed by atoms with Gasteiger partial charge in [0.15, 0.2) is 6.61 Å². The summed E-state index contributed by atoms with van der Waals surface area (Å²) in [7, 11) is 0. The average Bonchev–Trinajstić information content (AvgIpc) is 2.88. The van der Waals surface area contributed by atoms with Gasteiger partial charge in [0.05, 0.1) is 16.9 Å². The SMILES string of the molecule is O=C(OCC(=O)N1c2ccccc2CCc2ccccc21)c1ccnc(Cl)c1. The summed E-state index contributed by atoms with van der Waals surface area (Å²) in [4.78, 5) is 30.8. The number of fused-ring (bicyclic) bond motifs is 2. The smallest absolute Gasteiger partial charge is 0.338 e. The molecule has 6 heteroatoms. The fourth-order valence-electron chi connectivity index (χ4n) is 3.35. The van der Waals surface area contributed by atoms with Crippen molar-refractivity contribution in [2.24, 2.45) is 0 Å². The number of carbonyl (C=O) groups is 2. The van der Waals surface area contributed by atoms with Gasteiger partial charge in [0.1, 0.15) is 5.15 Å². The molecular formula is C22H17ClN2O3. The summed E-state index contributed by atoms with van der Waals surface area (Å²) < 4.78 is 5.25. The number of aryl methyl sites for hydroxylation is 2. The molecule has 0 radical (unpaired) electrons. The van der Waals surface area contributed by atoms with Crippen LogP contribution in [0.4, 0.5) is 11.4 Å². The third kappa shape index (κ3) is 3.62. The molecule has 2 aromatic carbocycles. The lowest BCUT2D eigenvalue weighted by atomic mass is 10.0. The van der Waals surface area contributed by atoms with E-state index in [0.717, 1.165) is 35.3 Å². The molecule has 2 heterocycles. The number of esters is 1. The number of benzene rings is 2. The molecule has 0 saturated heterocycles. The standard InChI is InChI=1S/C22H17ClN2O3/c23-20-13-17(11-12-24-20)22(27)28-14-21(26)25-18-7-3-1-5-15(18)9-10-16-6-2-4-8-19(16)25/h1-8,11-13H,9-10,14H2. The lowest BCUT2D eigenvalue weighted by molar-refractivity contribution is -0.120. The van der Waals surface area contributed by atoms with E-state index in [-0.39, 0.29) is 23.2 Å². The summed E-state index contributed by atoms with van der Waals surface area (Å²) in [5.74, 6) is -0.927. The highest BCUT2D eigenvalue weighted by molar-refractivity contribution is 6.29. The predicted molar refractivity (Wildman–Crippen MR) is 107 cm³/mol. The van der Waals surface area contributed by atoms with Crippen molar-refractivity contribution < 1.29 is 14.3 Å². The van der Waals surface area contributed by atoms with Crippen LogP contribution in [0.1, 0.15) is 21.5 Å². The summed E-state index contributed by atoms with van der Waals surface area (Å²) >= 11 is 5.81. The summed E-state index contributed by atoms with van der Waals surface area (Å²) in [6, 6.07) is 18.5. The largest absolute Gasteiger partial charge is 0.452 e. The number of amides is 1. The molecule has 0 atom stereocenters. The number of aromatic nitrogens is 1. The minimum atomic E-state index is -0.617. The van der Waals surface area contributed by atoms with Crippen LogP contribution in [0.25, 0.3) is 0 Å². The summed E-state index contributed by atoms with van der Waals surface area (Å²) in [5.41, 5.74) is 4.06. The van der Waals surface area contributed by atoms with E-state index in [1.54, 1.807) is 4.90 Å². The lowest BCUT2D eigenvalue weighted by Gasteiger charge is -2.24. The molecule has 3 aromatic rings. The van der Waals surface area contributed by atoms with Crippen LogP contribution in [0.2, 0.25) is 5.15 Å². The van der Waals surface area contributed by atoms with Gasteiger partial charge in [-0.3, -0.25) is 9.69 Å². The van der Waals surface area contributed by atoms with Crippen LogP contribution in [0, 0.1) is 0 Å². The number of nitrogens with zero attached hydrogens (tertiary/aromatic N) is 2. The normalized spacial score (nSPS) is 12.5. The Bertz CT molecular complexity index is 1000. The molecule has 1 aliphatic rings. The van der Waals surface area contributed by atoms with E-state index in [9.17, 15) is 9.59 Å². The van der Waals surface area contributed by atoms with Gasteiger partial charge in [-0.2, -0.15) is 0 Å². The van der Waals surface area contributed by atoms with Gasteiger partial charge in [-0.25, -0.2) is 9.78 Å². The highest BCUT2D eigenvalue weighted by atomic mass is 35.5. The molecule has 28 heavy (non-hydrogen) atoms. The van der Waals surface area contributed by atoms with Crippen LogP contribution in [0.5, 0.6) is 0 Å². The zero-order valence-electron chi connectivity index (χ0n) is 15.0. The fourth-order valence-corrected chi connectivity index (χ4v) is 3.53. The maximum atomic E-state index is 13.1. The van der Waals surface area contributed by atoms with E-state index in [1.807, 2.05) is 48.5 Å². The van der Waals surface area contributed by atoms with Crippen molar-refractivity contribution in [1.29, 1.82) is 0 Å². The number of rotatable bonds is 3. The van der Waals surface area contributed by atoms with Crippen LogP contribution in [0.15, 0.2) is 66.9 Å².